The van der Waals surface area contributed by atoms with Crippen LogP contribution in [0.25, 0.3) is 0 Å². The molecule has 0 saturated heterocycles. The molecule has 1 atom stereocenters. The Balaban J connectivity index is 2.34. The largest absolute Gasteiger partial charge is 0.457 e. The summed E-state index contributed by atoms with van der Waals surface area (Å²) in [5.74, 6) is 1.28. The Kier molecular flexibility index (Phi) is 4.23. The molecule has 0 aromatic heterocycles. The molecule has 0 spiro atoms. The van der Waals surface area contributed by atoms with Crippen LogP contribution < -0.4 is 10.5 Å². The maximum Gasteiger partial charge on any atom is 0.272 e. The van der Waals surface area contributed by atoms with E-state index >= 15 is 0 Å². The molecule has 5 heteroatoms. The molecule has 5 nitrogen and oxygen atoms in total. The molecule has 21 heavy (non-hydrogen) atoms. The fourth-order valence-electron chi connectivity index (χ4n) is 2.07. The fraction of sp³-hybridized carbons (Fsp3) is 0.250. The maximum absolute atomic E-state index is 10.9. The van der Waals surface area contributed by atoms with Crippen LogP contribution >= 0.6 is 0 Å². The van der Waals surface area contributed by atoms with Crippen molar-refractivity contribution in [2.75, 3.05) is 0 Å². The van der Waals surface area contributed by atoms with Crippen molar-refractivity contribution in [1.29, 1.82) is 0 Å². The van der Waals surface area contributed by atoms with E-state index in [2.05, 4.69) is 0 Å². The van der Waals surface area contributed by atoms with E-state index in [0.29, 0.717) is 17.1 Å². The van der Waals surface area contributed by atoms with Gasteiger partial charge in [-0.3, -0.25) is 10.1 Å². The van der Waals surface area contributed by atoms with Gasteiger partial charge in [-0.25, -0.2) is 0 Å². The number of nitro groups is 1. The number of hydrogen-bond donors (Lipinski definition) is 1. The number of nitro benzene ring substituents is 1. The molecule has 2 N–H and O–H groups in total. The molecule has 0 heterocycles. The van der Waals surface area contributed by atoms with Crippen LogP contribution in [0.2, 0.25) is 0 Å². The molecule has 2 rings (SSSR count). The lowest BCUT2D eigenvalue weighted by Crippen LogP contribution is -2.04. The number of aryl methyl sites for hydroxylation is 2. The van der Waals surface area contributed by atoms with Gasteiger partial charge in [-0.15, -0.1) is 0 Å². The van der Waals surface area contributed by atoms with Gasteiger partial charge in [0.25, 0.3) is 5.69 Å². The van der Waals surface area contributed by atoms with E-state index in [1.807, 2.05) is 31.2 Å². The lowest BCUT2D eigenvalue weighted by atomic mass is 10.1. The van der Waals surface area contributed by atoms with Crippen LogP contribution in [0.15, 0.2) is 36.4 Å². The normalized spacial score (nSPS) is 12.0. The molecule has 0 aliphatic heterocycles. The van der Waals surface area contributed by atoms with Crippen molar-refractivity contribution in [2.45, 2.75) is 26.8 Å². The molecule has 0 radical (unpaired) electrons. The van der Waals surface area contributed by atoms with Crippen LogP contribution in [-0.2, 0) is 0 Å². The summed E-state index contributed by atoms with van der Waals surface area (Å²) in [5, 5.41) is 10.9. The Morgan fingerprint density at radius 1 is 1.19 bits per heavy atom. The third kappa shape index (κ3) is 3.38. The average molecular weight is 286 g/mol. The third-order valence-electron chi connectivity index (χ3n) is 3.30. The van der Waals surface area contributed by atoms with Crippen LogP contribution in [0.3, 0.4) is 0 Å². The Bertz CT molecular complexity index is 681. The summed E-state index contributed by atoms with van der Waals surface area (Å²) >= 11 is 0. The van der Waals surface area contributed by atoms with Crippen LogP contribution in [0, 0.1) is 24.0 Å². The highest BCUT2D eigenvalue weighted by Gasteiger charge is 2.14. The van der Waals surface area contributed by atoms with Crippen molar-refractivity contribution in [1.82, 2.24) is 0 Å². The number of hydrogen-bond acceptors (Lipinski definition) is 4. The van der Waals surface area contributed by atoms with Gasteiger partial charge in [0.1, 0.15) is 11.5 Å². The van der Waals surface area contributed by atoms with Crippen LogP contribution in [0.5, 0.6) is 11.5 Å². The molecule has 2 aromatic carbocycles. The average Bonchev–Trinajstić information content (AvgIpc) is 2.42. The SMILES string of the molecule is Cc1cc([N+](=O)[O-])c(C)cc1Oc1cccc(C(C)N)c1. The molecule has 0 aliphatic rings. The van der Waals surface area contributed by atoms with Crippen LogP contribution in [0.4, 0.5) is 5.69 Å². The minimum atomic E-state index is -0.386. The Hall–Kier alpha value is -2.40. The molecule has 0 saturated carbocycles. The molecule has 110 valence electrons. The van der Waals surface area contributed by atoms with E-state index in [1.54, 1.807) is 19.9 Å². The summed E-state index contributed by atoms with van der Waals surface area (Å²) in [6.45, 7) is 5.39. The number of nitrogens with zero attached hydrogens (tertiary/aromatic N) is 1. The quantitative estimate of drug-likeness (QED) is 0.680. The van der Waals surface area contributed by atoms with Crippen LogP contribution in [-0.4, -0.2) is 4.92 Å². The first-order valence-corrected chi connectivity index (χ1v) is 6.67. The summed E-state index contributed by atoms with van der Waals surface area (Å²) in [6, 6.07) is 10.7. The summed E-state index contributed by atoms with van der Waals surface area (Å²) in [5.41, 5.74) is 8.22. The number of benzene rings is 2. The number of rotatable bonds is 4. The predicted octanol–water partition coefficient (Wildman–Crippen LogP) is 4.02. The van der Waals surface area contributed by atoms with Crippen LogP contribution in [0.1, 0.15) is 29.7 Å². The minimum Gasteiger partial charge on any atom is -0.457 e. The van der Waals surface area contributed by atoms with Gasteiger partial charge < -0.3 is 10.5 Å². The van der Waals surface area contributed by atoms with Gasteiger partial charge in [0.15, 0.2) is 0 Å². The maximum atomic E-state index is 10.9. The van der Waals surface area contributed by atoms with Crippen molar-refractivity contribution in [3.63, 3.8) is 0 Å². The first-order valence-electron chi connectivity index (χ1n) is 6.67. The molecular weight excluding hydrogens is 268 g/mol. The zero-order valence-corrected chi connectivity index (χ0v) is 12.3. The molecule has 1 unspecified atom stereocenters. The molecule has 0 aliphatic carbocycles. The fourth-order valence-corrected chi connectivity index (χ4v) is 2.07. The highest BCUT2D eigenvalue weighted by molar-refractivity contribution is 5.50. The second kappa shape index (κ2) is 5.93. The Labute approximate surface area is 123 Å². The molecular formula is C16H18N2O3. The first-order chi connectivity index (χ1) is 9.88. The van der Waals surface area contributed by atoms with Crippen molar-refractivity contribution >= 4 is 5.69 Å². The highest BCUT2D eigenvalue weighted by Crippen LogP contribution is 2.31. The second-order valence-corrected chi connectivity index (χ2v) is 5.12. The molecule has 0 bridgehead atoms. The number of ether oxygens (including phenoxy) is 1. The predicted molar refractivity (Wildman–Crippen MR) is 81.7 cm³/mol. The second-order valence-electron chi connectivity index (χ2n) is 5.12. The smallest absolute Gasteiger partial charge is 0.272 e. The van der Waals surface area contributed by atoms with Gasteiger partial charge in [-0.1, -0.05) is 12.1 Å². The highest BCUT2D eigenvalue weighted by atomic mass is 16.6. The van der Waals surface area contributed by atoms with E-state index in [9.17, 15) is 10.1 Å². The van der Waals surface area contributed by atoms with Crippen molar-refractivity contribution in [3.05, 3.63) is 63.2 Å². The lowest BCUT2D eigenvalue weighted by Gasteiger charge is -2.12. The van der Waals surface area contributed by atoms with Gasteiger partial charge in [-0.2, -0.15) is 0 Å². The van der Waals surface area contributed by atoms with E-state index in [4.69, 9.17) is 10.5 Å². The van der Waals surface area contributed by atoms with Crippen molar-refractivity contribution in [3.8, 4) is 11.5 Å². The van der Waals surface area contributed by atoms with Gasteiger partial charge in [0.05, 0.1) is 4.92 Å². The van der Waals surface area contributed by atoms with E-state index in [0.717, 1.165) is 11.1 Å². The summed E-state index contributed by atoms with van der Waals surface area (Å²) in [4.78, 5) is 10.5. The molecule has 0 amide bonds. The standard InChI is InChI=1S/C16H18N2O3/c1-10-8-16(11(2)7-15(10)18(19)20)21-14-6-4-5-13(9-14)12(3)17/h4-9,12H,17H2,1-3H3. The van der Waals surface area contributed by atoms with Crippen molar-refractivity contribution < 1.29 is 9.66 Å². The summed E-state index contributed by atoms with van der Waals surface area (Å²) in [7, 11) is 0. The van der Waals surface area contributed by atoms with Gasteiger partial charge in [0, 0.05) is 17.7 Å². The molecule has 0 fully saturated rings. The topological polar surface area (TPSA) is 78.4 Å². The first kappa shape index (κ1) is 15.0. The zero-order valence-electron chi connectivity index (χ0n) is 12.3. The van der Waals surface area contributed by atoms with Gasteiger partial charge in [-0.05, 0) is 50.1 Å². The third-order valence-corrected chi connectivity index (χ3v) is 3.30. The molecule has 2 aromatic rings. The van der Waals surface area contributed by atoms with E-state index in [1.165, 1.54) is 6.07 Å². The summed E-state index contributed by atoms with van der Waals surface area (Å²) < 4.78 is 5.84. The minimum absolute atomic E-state index is 0.0757. The summed E-state index contributed by atoms with van der Waals surface area (Å²) in [6.07, 6.45) is 0. The monoisotopic (exact) mass is 286 g/mol. The number of nitrogens with two attached hydrogens (primary N) is 1. The Morgan fingerprint density at radius 2 is 1.90 bits per heavy atom. The zero-order chi connectivity index (χ0) is 15.6. The van der Waals surface area contributed by atoms with Crippen molar-refractivity contribution in [2.24, 2.45) is 5.73 Å². The van der Waals surface area contributed by atoms with Gasteiger partial charge in [0.2, 0.25) is 0 Å². The van der Waals surface area contributed by atoms with E-state index in [-0.39, 0.29) is 16.7 Å². The lowest BCUT2D eigenvalue weighted by molar-refractivity contribution is -0.385. The van der Waals surface area contributed by atoms with E-state index < -0.39 is 0 Å². The van der Waals surface area contributed by atoms with Gasteiger partial charge >= 0.3 is 0 Å². The Morgan fingerprint density at radius 3 is 2.52 bits per heavy atom.